The zero-order chi connectivity index (χ0) is 9.40. The van der Waals surface area contributed by atoms with Crippen LogP contribution in [0.3, 0.4) is 0 Å². The Morgan fingerprint density at radius 1 is 1.33 bits per heavy atom. The molecule has 0 aliphatic heterocycles. The summed E-state index contributed by atoms with van der Waals surface area (Å²) < 4.78 is 9.87. The van der Waals surface area contributed by atoms with Gasteiger partial charge in [0.1, 0.15) is 0 Å². The van der Waals surface area contributed by atoms with E-state index in [0.29, 0.717) is 5.95 Å². The zero-order valence-electron chi connectivity index (χ0n) is 7.76. The highest BCUT2D eigenvalue weighted by molar-refractivity contribution is 9.09. The molecule has 3 heteroatoms. The van der Waals surface area contributed by atoms with Gasteiger partial charge in [-0.15, -0.1) is 0 Å². The fraction of sp³-hybridized carbons (Fsp3) is 0.556. The van der Waals surface area contributed by atoms with E-state index in [4.69, 9.17) is 9.47 Å². The van der Waals surface area contributed by atoms with Gasteiger partial charge in [-0.25, -0.2) is 0 Å². The number of hydrogen-bond acceptors (Lipinski definition) is 2. The van der Waals surface area contributed by atoms with Crippen LogP contribution in [0.25, 0.3) is 0 Å². The van der Waals surface area contributed by atoms with Crippen molar-refractivity contribution < 1.29 is 9.47 Å². The molecule has 0 amide bonds. The van der Waals surface area contributed by atoms with E-state index in [-0.39, 0.29) is 0 Å². The van der Waals surface area contributed by atoms with E-state index in [1.165, 1.54) is 0 Å². The van der Waals surface area contributed by atoms with Crippen molar-refractivity contribution in [3.63, 3.8) is 0 Å². The first kappa shape index (κ1) is 11.6. The lowest BCUT2D eigenvalue weighted by Crippen LogP contribution is -1.89. The molecular weight excluding hydrogens is 220 g/mol. The highest BCUT2D eigenvalue weighted by Crippen LogP contribution is 2.05. The second-order valence-electron chi connectivity index (χ2n) is 2.30. The number of hydrogen-bond donors (Lipinski definition) is 0. The second kappa shape index (κ2) is 7.22. The molecule has 0 aromatic carbocycles. The van der Waals surface area contributed by atoms with Gasteiger partial charge in [0.15, 0.2) is 0 Å². The van der Waals surface area contributed by atoms with E-state index in [1.807, 2.05) is 13.0 Å². The van der Waals surface area contributed by atoms with E-state index in [0.717, 1.165) is 17.3 Å². The molecule has 0 rings (SSSR count). The number of rotatable bonds is 5. The fourth-order valence-electron chi connectivity index (χ4n) is 0.728. The molecule has 0 heterocycles. The smallest absolute Gasteiger partial charge is 0.278 e. The first-order valence-corrected chi connectivity index (χ1v) is 4.89. The minimum Gasteiger partial charge on any atom is -0.469 e. The van der Waals surface area contributed by atoms with Gasteiger partial charge in [0.25, 0.3) is 5.95 Å². The molecule has 0 N–H and O–H groups in total. The first-order chi connectivity index (χ1) is 5.74. The molecule has 0 saturated carbocycles. The molecule has 12 heavy (non-hydrogen) atoms. The van der Waals surface area contributed by atoms with E-state index >= 15 is 0 Å². The Bertz CT molecular complexity index is 167. The summed E-state index contributed by atoms with van der Waals surface area (Å²) in [5.74, 6) is 0.540. The van der Waals surface area contributed by atoms with Crippen molar-refractivity contribution in [1.29, 1.82) is 0 Å². The van der Waals surface area contributed by atoms with E-state index in [9.17, 15) is 0 Å². The van der Waals surface area contributed by atoms with Gasteiger partial charge in [-0.1, -0.05) is 22.0 Å². The van der Waals surface area contributed by atoms with E-state index < -0.39 is 0 Å². The van der Waals surface area contributed by atoms with Crippen molar-refractivity contribution in [3.05, 3.63) is 23.7 Å². The van der Waals surface area contributed by atoms with Crippen molar-refractivity contribution in [3.8, 4) is 0 Å². The van der Waals surface area contributed by atoms with Gasteiger partial charge in [0.2, 0.25) is 0 Å². The van der Waals surface area contributed by atoms with Crippen LogP contribution in [0.1, 0.15) is 13.3 Å². The number of allylic oxidation sites excluding steroid dienone is 3. The summed E-state index contributed by atoms with van der Waals surface area (Å²) in [7, 11) is 3.18. The van der Waals surface area contributed by atoms with Crippen molar-refractivity contribution in [2.24, 2.45) is 0 Å². The average molecular weight is 235 g/mol. The molecule has 0 bridgehead atoms. The monoisotopic (exact) mass is 234 g/mol. The minimum absolute atomic E-state index is 0.540. The quantitative estimate of drug-likeness (QED) is 0.414. The zero-order valence-corrected chi connectivity index (χ0v) is 9.35. The Morgan fingerprint density at radius 3 is 2.33 bits per heavy atom. The van der Waals surface area contributed by atoms with Gasteiger partial charge in [-0.2, -0.15) is 0 Å². The Labute approximate surface area is 82.4 Å². The van der Waals surface area contributed by atoms with Gasteiger partial charge in [-0.3, -0.25) is 0 Å². The molecule has 70 valence electrons. The molecule has 0 aromatic rings. The van der Waals surface area contributed by atoms with E-state index in [2.05, 4.69) is 22.0 Å². The Kier molecular flexibility index (Phi) is 6.96. The van der Waals surface area contributed by atoms with Crippen LogP contribution in [0, 0.1) is 0 Å². The number of alkyl halides is 1. The molecule has 0 unspecified atom stereocenters. The maximum atomic E-state index is 4.94. The van der Waals surface area contributed by atoms with Crippen LogP contribution in [-0.2, 0) is 9.47 Å². The number of methoxy groups -OCH3 is 2. The van der Waals surface area contributed by atoms with Crippen LogP contribution in [0.4, 0.5) is 0 Å². The van der Waals surface area contributed by atoms with Crippen LogP contribution < -0.4 is 0 Å². The molecule has 0 aromatic heterocycles. The topological polar surface area (TPSA) is 18.5 Å². The third kappa shape index (κ3) is 5.24. The highest BCUT2D eigenvalue weighted by atomic mass is 79.9. The lowest BCUT2D eigenvalue weighted by Gasteiger charge is -2.02. The van der Waals surface area contributed by atoms with Crippen LogP contribution >= 0.6 is 15.9 Å². The summed E-state index contributed by atoms with van der Waals surface area (Å²) in [5.41, 5.74) is 1.15. The van der Waals surface area contributed by atoms with E-state index in [1.54, 1.807) is 14.2 Å². The summed E-state index contributed by atoms with van der Waals surface area (Å²) in [6.07, 6.45) is 5.00. The summed E-state index contributed by atoms with van der Waals surface area (Å²) in [6, 6.07) is 0. The van der Waals surface area contributed by atoms with Crippen LogP contribution in [-0.4, -0.2) is 19.5 Å². The van der Waals surface area contributed by atoms with Crippen molar-refractivity contribution in [1.82, 2.24) is 0 Å². The molecule has 2 nitrogen and oxygen atoms in total. The maximum Gasteiger partial charge on any atom is 0.278 e. The highest BCUT2D eigenvalue weighted by Gasteiger charge is 1.92. The normalized spacial score (nSPS) is 10.8. The van der Waals surface area contributed by atoms with Gasteiger partial charge >= 0.3 is 0 Å². The van der Waals surface area contributed by atoms with Gasteiger partial charge in [0, 0.05) is 11.4 Å². The summed E-state index contributed by atoms with van der Waals surface area (Å²) in [4.78, 5) is 0. The Morgan fingerprint density at radius 2 is 1.92 bits per heavy atom. The first-order valence-electron chi connectivity index (χ1n) is 3.77. The minimum atomic E-state index is 0.540. The Balaban J connectivity index is 4.09. The third-order valence-corrected chi connectivity index (χ3v) is 1.78. The lowest BCUT2D eigenvalue weighted by atomic mass is 10.2. The summed E-state index contributed by atoms with van der Waals surface area (Å²) in [6.45, 7) is 2.01. The lowest BCUT2D eigenvalue weighted by molar-refractivity contribution is 0.0952. The second-order valence-corrected chi connectivity index (χ2v) is 3.09. The molecule has 0 atom stereocenters. The van der Waals surface area contributed by atoms with Crippen molar-refractivity contribution in [2.45, 2.75) is 13.3 Å². The maximum absolute atomic E-state index is 4.94. The largest absolute Gasteiger partial charge is 0.469 e. The summed E-state index contributed by atoms with van der Waals surface area (Å²) >= 11 is 3.35. The molecule has 0 aliphatic carbocycles. The SMILES string of the molecule is COC(=CC(C)=CCCBr)OC. The molecule has 0 radical (unpaired) electrons. The van der Waals surface area contributed by atoms with Crippen LogP contribution in [0.2, 0.25) is 0 Å². The molecule has 0 aliphatic rings. The third-order valence-electron chi connectivity index (χ3n) is 1.32. The standard InChI is InChI=1S/C9H15BrO2/c1-8(5-4-6-10)7-9(11-2)12-3/h5,7H,4,6H2,1-3H3. The number of ether oxygens (including phenoxy) is 2. The fourth-order valence-corrected chi connectivity index (χ4v) is 0.957. The van der Waals surface area contributed by atoms with Crippen LogP contribution in [0.15, 0.2) is 23.7 Å². The van der Waals surface area contributed by atoms with Crippen molar-refractivity contribution in [2.75, 3.05) is 19.5 Å². The van der Waals surface area contributed by atoms with Crippen LogP contribution in [0.5, 0.6) is 0 Å². The molecule has 0 saturated heterocycles. The molecule has 0 spiro atoms. The summed E-state index contributed by atoms with van der Waals surface area (Å²) in [5, 5.41) is 0.980. The predicted octanol–water partition coefficient (Wildman–Crippen LogP) is 2.85. The number of halogens is 1. The molecular formula is C9H15BrO2. The predicted molar refractivity (Wildman–Crippen MR) is 54.3 cm³/mol. The van der Waals surface area contributed by atoms with Gasteiger partial charge < -0.3 is 9.47 Å². The Hall–Kier alpha value is -0.440. The molecule has 0 fully saturated rings. The average Bonchev–Trinajstić information content (AvgIpc) is 2.10. The van der Waals surface area contributed by atoms with Crippen molar-refractivity contribution >= 4 is 15.9 Å². The van der Waals surface area contributed by atoms with Gasteiger partial charge in [-0.05, 0) is 18.9 Å². The van der Waals surface area contributed by atoms with Gasteiger partial charge in [0.05, 0.1) is 14.2 Å².